The van der Waals surface area contributed by atoms with Crippen LogP contribution >= 0.6 is 0 Å². The van der Waals surface area contributed by atoms with Gasteiger partial charge in [-0.1, -0.05) is 18.2 Å². The minimum Gasteiger partial charge on any atom is -0.449 e. The van der Waals surface area contributed by atoms with Gasteiger partial charge in [-0.15, -0.1) is 0 Å². The first kappa shape index (κ1) is 7.92. The molecule has 0 atom stereocenters. The highest BCUT2D eigenvalue weighted by atomic mass is 19.4. The summed E-state index contributed by atoms with van der Waals surface area (Å²) in [6, 6.07) is 0. The number of hydrogen-bond donors (Lipinski definition) is 1. The van der Waals surface area contributed by atoms with Gasteiger partial charge in [-0.3, -0.25) is 0 Å². The van der Waals surface area contributed by atoms with Crippen molar-refractivity contribution in [2.45, 2.75) is 24.6 Å². The number of aliphatic hydroxyl groups excluding tert-OH is 1. The van der Waals surface area contributed by atoms with E-state index in [4.69, 9.17) is 5.11 Å². The predicted molar refractivity (Wildman–Crippen MR) is 32.7 cm³/mol. The molecule has 5 heteroatoms. The minimum absolute atomic E-state index is 0.101. The van der Waals surface area contributed by atoms with Gasteiger partial charge in [0.05, 0.1) is 0 Å². The van der Waals surface area contributed by atoms with Crippen LogP contribution in [-0.2, 0) is 0 Å². The molecule has 1 aliphatic rings. The molecule has 1 saturated carbocycles. The maximum atomic E-state index is 12.0. The summed E-state index contributed by atoms with van der Waals surface area (Å²) in [6.07, 6.45) is 0.338. The van der Waals surface area contributed by atoms with Crippen molar-refractivity contribution in [2.24, 2.45) is 0 Å². The molecule has 0 aromatic carbocycles. The van der Waals surface area contributed by atoms with Gasteiger partial charge in [0.1, 0.15) is 0 Å². The van der Waals surface area contributed by atoms with Crippen LogP contribution in [0.4, 0.5) is 12.9 Å². The van der Waals surface area contributed by atoms with E-state index in [1.807, 2.05) is 0 Å². The lowest BCUT2D eigenvalue weighted by molar-refractivity contribution is 0.268. The summed E-state index contributed by atoms with van der Waals surface area (Å²) in [5.41, 5.74) is 0. The quantitative estimate of drug-likeness (QED) is 0.612. The summed E-state index contributed by atoms with van der Waals surface area (Å²) in [5.74, 6) is 0. The molecule has 0 saturated heterocycles. The van der Waals surface area contributed by atoms with Crippen LogP contribution in [0, 0.1) is 0 Å². The van der Waals surface area contributed by atoms with Crippen molar-refractivity contribution in [1.82, 2.24) is 0 Å². The summed E-state index contributed by atoms with van der Waals surface area (Å²) in [5, 5.41) is 6.87. The Morgan fingerprint density at radius 1 is 1.30 bits per heavy atom. The van der Waals surface area contributed by atoms with E-state index in [1.165, 1.54) is 0 Å². The van der Waals surface area contributed by atoms with Gasteiger partial charge >= 0.3 is 6.98 Å². The second-order valence-corrected chi connectivity index (χ2v) is 2.91. The first-order valence-corrected chi connectivity index (χ1v) is 3.32. The zero-order valence-corrected chi connectivity index (χ0v) is 5.49. The monoisotopic (exact) mass is 153 g/mol. The molecule has 1 nitrogen and oxygen atoms in total. The van der Waals surface area contributed by atoms with Crippen molar-refractivity contribution >= 4 is 6.98 Å². The molecule has 0 aliphatic heterocycles. The van der Waals surface area contributed by atoms with Gasteiger partial charge in [-0.05, 0) is 6.42 Å². The maximum Gasteiger partial charge on any atom is 0.484 e. The molecule has 0 bridgehead atoms. The molecule has 0 aromatic rings. The zero-order valence-electron chi connectivity index (χ0n) is 5.49. The molecular weight excluding hydrogens is 144 g/mol. The predicted octanol–water partition coefficient (Wildman–Crippen LogP) is 1.75. The molecule has 1 fully saturated rings. The third-order valence-corrected chi connectivity index (χ3v) is 2.20. The Bertz CT molecular complexity index is 129. The molecular formula is C5H9BF3O-. The highest BCUT2D eigenvalue weighted by Gasteiger charge is 2.56. The van der Waals surface area contributed by atoms with Crippen LogP contribution in [0.3, 0.4) is 0 Å². The van der Waals surface area contributed by atoms with Crippen molar-refractivity contribution in [1.29, 1.82) is 0 Å². The van der Waals surface area contributed by atoms with Crippen molar-refractivity contribution in [3.8, 4) is 0 Å². The molecule has 0 amide bonds. The lowest BCUT2D eigenvalue weighted by Gasteiger charge is -2.25. The fourth-order valence-electron chi connectivity index (χ4n) is 1.12. The molecule has 10 heavy (non-hydrogen) atoms. The van der Waals surface area contributed by atoms with E-state index in [0.717, 1.165) is 0 Å². The Hall–Kier alpha value is -0.185. The molecule has 0 radical (unpaired) electrons. The van der Waals surface area contributed by atoms with Crippen molar-refractivity contribution in [3.05, 3.63) is 0 Å². The van der Waals surface area contributed by atoms with Gasteiger partial charge < -0.3 is 18.1 Å². The van der Waals surface area contributed by atoms with Crippen LogP contribution < -0.4 is 0 Å². The second kappa shape index (κ2) is 2.15. The van der Waals surface area contributed by atoms with Gasteiger partial charge in [-0.25, -0.2) is 0 Å². The maximum absolute atomic E-state index is 12.0. The standard InChI is InChI=1S/C5H9BF3O/c7-6(8,9)5(1-2-5)3-4-10/h10H,1-4H2/q-1. The normalized spacial score (nSPS) is 22.8. The van der Waals surface area contributed by atoms with E-state index in [-0.39, 0.29) is 25.9 Å². The average molecular weight is 153 g/mol. The van der Waals surface area contributed by atoms with Crippen LogP contribution in [0.1, 0.15) is 19.3 Å². The van der Waals surface area contributed by atoms with Crippen LogP contribution in [0.5, 0.6) is 0 Å². The number of rotatable bonds is 3. The van der Waals surface area contributed by atoms with Gasteiger partial charge in [-0.2, -0.15) is 0 Å². The zero-order chi connectivity index (χ0) is 7.83. The number of hydrogen-bond acceptors (Lipinski definition) is 1. The molecule has 0 heterocycles. The van der Waals surface area contributed by atoms with E-state index in [0.29, 0.717) is 0 Å². The topological polar surface area (TPSA) is 20.2 Å². The second-order valence-electron chi connectivity index (χ2n) is 2.91. The SMILES string of the molecule is OCCC1([B-](F)(F)F)CC1. The Balaban J connectivity index is 2.52. The third-order valence-electron chi connectivity index (χ3n) is 2.20. The molecule has 1 rings (SSSR count). The summed E-state index contributed by atoms with van der Waals surface area (Å²) >= 11 is 0. The number of aliphatic hydroxyl groups is 1. The van der Waals surface area contributed by atoms with Crippen LogP contribution in [0.15, 0.2) is 0 Å². The van der Waals surface area contributed by atoms with Crippen LogP contribution in [0.2, 0.25) is 5.31 Å². The number of halogens is 3. The van der Waals surface area contributed by atoms with E-state index >= 15 is 0 Å². The van der Waals surface area contributed by atoms with E-state index in [1.54, 1.807) is 0 Å². The van der Waals surface area contributed by atoms with E-state index in [2.05, 4.69) is 0 Å². The van der Waals surface area contributed by atoms with E-state index in [9.17, 15) is 12.9 Å². The first-order chi connectivity index (χ1) is 4.52. The molecule has 0 unspecified atom stereocenters. The van der Waals surface area contributed by atoms with Crippen molar-refractivity contribution in [2.75, 3.05) is 6.61 Å². The Kier molecular flexibility index (Phi) is 1.70. The Morgan fingerprint density at radius 3 is 1.90 bits per heavy atom. The summed E-state index contributed by atoms with van der Waals surface area (Å²) < 4.78 is 36.1. The smallest absolute Gasteiger partial charge is 0.449 e. The average Bonchev–Trinajstić information content (AvgIpc) is 2.45. The van der Waals surface area contributed by atoms with E-state index < -0.39 is 12.3 Å². The lowest BCUT2D eigenvalue weighted by Crippen LogP contribution is -2.26. The van der Waals surface area contributed by atoms with Crippen LogP contribution in [-0.4, -0.2) is 18.7 Å². The Labute approximate surface area is 57.3 Å². The highest BCUT2D eigenvalue weighted by molar-refractivity contribution is 6.63. The van der Waals surface area contributed by atoms with Crippen molar-refractivity contribution < 1.29 is 18.1 Å². The fraction of sp³-hybridized carbons (Fsp3) is 1.00. The largest absolute Gasteiger partial charge is 0.484 e. The third kappa shape index (κ3) is 1.14. The van der Waals surface area contributed by atoms with Gasteiger partial charge in [0.2, 0.25) is 0 Å². The van der Waals surface area contributed by atoms with Gasteiger partial charge in [0.25, 0.3) is 0 Å². The summed E-state index contributed by atoms with van der Waals surface area (Å²) in [6.45, 7) is -5.06. The van der Waals surface area contributed by atoms with Crippen molar-refractivity contribution in [3.63, 3.8) is 0 Å². The first-order valence-electron chi connectivity index (χ1n) is 3.32. The van der Waals surface area contributed by atoms with Gasteiger partial charge in [0, 0.05) is 6.61 Å². The summed E-state index contributed by atoms with van der Waals surface area (Å²) in [4.78, 5) is 0. The molecule has 1 N–H and O–H groups in total. The fourth-order valence-corrected chi connectivity index (χ4v) is 1.12. The lowest BCUT2D eigenvalue weighted by atomic mass is 9.67. The summed E-state index contributed by atoms with van der Waals surface area (Å²) in [7, 11) is 0. The molecule has 0 aromatic heterocycles. The molecule has 0 spiro atoms. The Morgan fingerprint density at radius 2 is 1.80 bits per heavy atom. The molecule has 60 valence electrons. The minimum atomic E-state index is -4.71. The molecule has 1 aliphatic carbocycles. The van der Waals surface area contributed by atoms with Crippen LogP contribution in [0.25, 0.3) is 0 Å². The highest BCUT2D eigenvalue weighted by Crippen LogP contribution is 2.64. The van der Waals surface area contributed by atoms with Gasteiger partial charge in [0.15, 0.2) is 0 Å².